The summed E-state index contributed by atoms with van der Waals surface area (Å²) in [6, 6.07) is 13.6. The van der Waals surface area contributed by atoms with Crippen molar-refractivity contribution in [2.75, 3.05) is 44.2 Å². The highest BCUT2D eigenvalue weighted by Gasteiger charge is 2.25. The third-order valence-electron chi connectivity index (χ3n) is 5.85. The van der Waals surface area contributed by atoms with Crippen LogP contribution >= 0.6 is 0 Å². The molecule has 6 heteroatoms. The first-order chi connectivity index (χ1) is 14.8. The second-order valence-corrected chi connectivity index (χ2v) is 7.76. The highest BCUT2D eigenvalue weighted by atomic mass is 16.5. The predicted octanol–water partition coefficient (Wildman–Crippen LogP) is 3.77. The van der Waals surface area contributed by atoms with Gasteiger partial charge in [0.05, 0.1) is 11.3 Å². The van der Waals surface area contributed by atoms with E-state index in [0.717, 1.165) is 70.0 Å². The van der Waals surface area contributed by atoms with Gasteiger partial charge < -0.3 is 14.5 Å². The SMILES string of the molecule is CCC1=COc2ccccc2C(=O)N1CCCCN1CCN(c2ccccn2)CC1. The number of hydrogen-bond acceptors (Lipinski definition) is 5. The van der Waals surface area contributed by atoms with E-state index in [1.807, 2.05) is 47.5 Å². The van der Waals surface area contributed by atoms with Crippen LogP contribution in [0.1, 0.15) is 36.5 Å². The molecule has 1 fully saturated rings. The Bertz CT molecular complexity index is 876. The number of benzene rings is 1. The van der Waals surface area contributed by atoms with Gasteiger partial charge in [-0.3, -0.25) is 9.69 Å². The van der Waals surface area contributed by atoms with Crippen LogP contribution in [0.4, 0.5) is 5.82 Å². The molecule has 1 aromatic heterocycles. The fraction of sp³-hybridized carbons (Fsp3) is 0.417. The molecule has 4 rings (SSSR count). The lowest BCUT2D eigenvalue weighted by Crippen LogP contribution is -2.47. The molecule has 0 atom stereocenters. The van der Waals surface area contributed by atoms with Gasteiger partial charge in [-0.1, -0.05) is 25.1 Å². The van der Waals surface area contributed by atoms with Gasteiger partial charge in [0, 0.05) is 38.9 Å². The summed E-state index contributed by atoms with van der Waals surface area (Å²) in [5, 5.41) is 0. The van der Waals surface area contributed by atoms with E-state index in [-0.39, 0.29) is 5.91 Å². The number of aromatic nitrogens is 1. The number of piperazine rings is 1. The molecule has 0 aliphatic carbocycles. The van der Waals surface area contributed by atoms with Crippen molar-refractivity contribution in [2.24, 2.45) is 0 Å². The van der Waals surface area contributed by atoms with Crippen molar-refractivity contribution in [3.05, 3.63) is 66.2 Å². The molecule has 2 aliphatic heterocycles. The third-order valence-corrected chi connectivity index (χ3v) is 5.85. The lowest BCUT2D eigenvalue weighted by molar-refractivity contribution is 0.0800. The minimum absolute atomic E-state index is 0.0418. The van der Waals surface area contributed by atoms with Crippen molar-refractivity contribution in [3.8, 4) is 5.75 Å². The smallest absolute Gasteiger partial charge is 0.261 e. The zero-order chi connectivity index (χ0) is 20.8. The van der Waals surface area contributed by atoms with Crippen molar-refractivity contribution < 1.29 is 9.53 Å². The maximum atomic E-state index is 13.1. The van der Waals surface area contributed by atoms with Crippen molar-refractivity contribution in [1.29, 1.82) is 0 Å². The number of pyridine rings is 1. The number of ether oxygens (including phenoxy) is 1. The normalized spacial score (nSPS) is 17.2. The topological polar surface area (TPSA) is 48.9 Å². The van der Waals surface area contributed by atoms with Gasteiger partial charge in [0.2, 0.25) is 0 Å². The van der Waals surface area contributed by atoms with Crippen molar-refractivity contribution in [2.45, 2.75) is 26.2 Å². The van der Waals surface area contributed by atoms with Crippen LogP contribution in [0.15, 0.2) is 60.6 Å². The van der Waals surface area contributed by atoms with Crippen LogP contribution < -0.4 is 9.64 Å². The third kappa shape index (κ3) is 4.65. The van der Waals surface area contributed by atoms with E-state index in [2.05, 4.69) is 27.8 Å². The Morgan fingerprint density at radius 3 is 2.50 bits per heavy atom. The van der Waals surface area contributed by atoms with Crippen molar-refractivity contribution in [3.63, 3.8) is 0 Å². The minimum Gasteiger partial charge on any atom is -0.462 e. The molecule has 0 radical (unpaired) electrons. The van der Waals surface area contributed by atoms with Crippen LogP contribution in [0.2, 0.25) is 0 Å². The highest BCUT2D eigenvalue weighted by molar-refractivity contribution is 5.98. The molecule has 0 bridgehead atoms. The molecular formula is C24H30N4O2. The standard InChI is InChI=1S/C24H30N4O2/c1-2-20-19-30-22-10-4-3-9-21(22)24(29)28(20)14-8-7-13-26-15-17-27(18-16-26)23-11-5-6-12-25-23/h3-6,9-12,19H,2,7-8,13-18H2,1H3. The quantitative estimate of drug-likeness (QED) is 0.655. The van der Waals surface area contributed by atoms with Gasteiger partial charge in [-0.15, -0.1) is 0 Å². The van der Waals surface area contributed by atoms with Gasteiger partial charge in [0.1, 0.15) is 17.8 Å². The van der Waals surface area contributed by atoms with E-state index in [0.29, 0.717) is 11.3 Å². The Labute approximate surface area is 178 Å². The summed E-state index contributed by atoms with van der Waals surface area (Å²) < 4.78 is 5.76. The molecule has 0 saturated carbocycles. The summed E-state index contributed by atoms with van der Waals surface area (Å²) in [6.07, 6.45) is 6.42. The molecular weight excluding hydrogens is 376 g/mol. The summed E-state index contributed by atoms with van der Waals surface area (Å²) in [7, 11) is 0. The molecule has 30 heavy (non-hydrogen) atoms. The van der Waals surface area contributed by atoms with Gasteiger partial charge in [0.25, 0.3) is 5.91 Å². The maximum absolute atomic E-state index is 13.1. The van der Waals surface area contributed by atoms with E-state index in [1.165, 1.54) is 0 Å². The average molecular weight is 407 g/mol. The molecule has 2 aromatic rings. The molecule has 6 nitrogen and oxygen atoms in total. The summed E-state index contributed by atoms with van der Waals surface area (Å²) >= 11 is 0. The number of anilines is 1. The minimum atomic E-state index is 0.0418. The van der Waals surface area contributed by atoms with Gasteiger partial charge in [0.15, 0.2) is 0 Å². The maximum Gasteiger partial charge on any atom is 0.261 e. The van der Waals surface area contributed by atoms with Crippen molar-refractivity contribution >= 4 is 11.7 Å². The summed E-state index contributed by atoms with van der Waals surface area (Å²) in [4.78, 5) is 24.3. The number of amides is 1. The Morgan fingerprint density at radius 1 is 0.967 bits per heavy atom. The second kappa shape index (κ2) is 9.76. The fourth-order valence-electron chi connectivity index (χ4n) is 4.08. The van der Waals surface area contributed by atoms with Gasteiger partial charge >= 0.3 is 0 Å². The fourth-order valence-corrected chi connectivity index (χ4v) is 4.08. The molecule has 3 heterocycles. The summed E-state index contributed by atoms with van der Waals surface area (Å²) in [5.74, 6) is 1.75. The largest absolute Gasteiger partial charge is 0.462 e. The Hall–Kier alpha value is -2.86. The number of nitrogens with zero attached hydrogens (tertiary/aromatic N) is 4. The number of allylic oxidation sites excluding steroid dienone is 1. The van der Waals surface area contributed by atoms with E-state index < -0.39 is 0 Å². The van der Waals surface area contributed by atoms with Crippen molar-refractivity contribution in [1.82, 2.24) is 14.8 Å². The zero-order valence-corrected chi connectivity index (χ0v) is 17.7. The van der Waals surface area contributed by atoms with Crippen LogP contribution in [0.5, 0.6) is 5.75 Å². The van der Waals surface area contributed by atoms with E-state index in [9.17, 15) is 4.79 Å². The van der Waals surface area contributed by atoms with Crippen LogP contribution in [0, 0.1) is 0 Å². The first-order valence-electron chi connectivity index (χ1n) is 10.9. The molecule has 158 valence electrons. The van der Waals surface area contributed by atoms with Crippen LogP contribution in [0.3, 0.4) is 0 Å². The number of para-hydroxylation sites is 1. The molecule has 0 N–H and O–H groups in total. The second-order valence-electron chi connectivity index (χ2n) is 7.76. The predicted molar refractivity (Wildman–Crippen MR) is 119 cm³/mol. The van der Waals surface area contributed by atoms with E-state index in [1.54, 1.807) is 6.26 Å². The monoisotopic (exact) mass is 406 g/mol. The molecule has 2 aliphatic rings. The summed E-state index contributed by atoms with van der Waals surface area (Å²) in [6.45, 7) is 7.99. The van der Waals surface area contributed by atoms with E-state index >= 15 is 0 Å². The molecule has 1 amide bonds. The number of fused-ring (bicyclic) bond motifs is 1. The lowest BCUT2D eigenvalue weighted by atomic mass is 10.1. The lowest BCUT2D eigenvalue weighted by Gasteiger charge is -2.35. The number of carbonyl (C=O) groups is 1. The van der Waals surface area contributed by atoms with E-state index in [4.69, 9.17) is 4.74 Å². The van der Waals surface area contributed by atoms with Crippen LogP contribution in [-0.2, 0) is 0 Å². The first-order valence-corrected chi connectivity index (χ1v) is 10.9. The number of unbranched alkanes of at least 4 members (excludes halogenated alkanes) is 1. The van der Waals surface area contributed by atoms with Crippen LogP contribution in [-0.4, -0.2) is 60.0 Å². The van der Waals surface area contributed by atoms with Gasteiger partial charge in [-0.05, 0) is 50.1 Å². The number of rotatable bonds is 7. The molecule has 1 aromatic carbocycles. The van der Waals surface area contributed by atoms with Gasteiger partial charge in [-0.2, -0.15) is 0 Å². The number of hydrogen-bond donors (Lipinski definition) is 0. The van der Waals surface area contributed by atoms with Gasteiger partial charge in [-0.25, -0.2) is 4.98 Å². The first kappa shape index (κ1) is 20.4. The highest BCUT2D eigenvalue weighted by Crippen LogP contribution is 2.27. The summed E-state index contributed by atoms with van der Waals surface area (Å²) in [5.41, 5.74) is 1.59. The average Bonchev–Trinajstić information content (AvgIpc) is 2.94. The molecule has 0 spiro atoms. The molecule has 1 saturated heterocycles. The zero-order valence-electron chi connectivity index (χ0n) is 17.7. The van der Waals surface area contributed by atoms with Crippen LogP contribution in [0.25, 0.3) is 0 Å². The molecule has 0 unspecified atom stereocenters. The Kier molecular flexibility index (Phi) is 6.64. The Morgan fingerprint density at radius 2 is 1.73 bits per heavy atom. The Balaban J connectivity index is 1.25. The number of carbonyl (C=O) groups excluding carboxylic acids is 1.